The van der Waals surface area contributed by atoms with Crippen molar-refractivity contribution in [3.8, 4) is 0 Å². The van der Waals surface area contributed by atoms with Crippen molar-refractivity contribution in [1.82, 2.24) is 0 Å². The van der Waals surface area contributed by atoms with E-state index in [4.69, 9.17) is 4.74 Å². The van der Waals surface area contributed by atoms with Gasteiger partial charge in [0.15, 0.2) is 6.10 Å². The van der Waals surface area contributed by atoms with Gasteiger partial charge in [-0.25, -0.2) is 4.79 Å². The Kier molecular flexibility index (Phi) is 3.06. The van der Waals surface area contributed by atoms with E-state index in [1.165, 1.54) is 0 Å². The normalized spacial score (nSPS) is 20.3. The minimum absolute atomic E-state index is 0.0942. The molecule has 0 heterocycles. The van der Waals surface area contributed by atoms with Gasteiger partial charge >= 0.3 is 5.97 Å². The van der Waals surface area contributed by atoms with Gasteiger partial charge in [-0.2, -0.15) is 0 Å². The highest BCUT2D eigenvalue weighted by Crippen LogP contribution is 2.39. The quantitative estimate of drug-likeness (QED) is 0.617. The molecule has 0 unspecified atom stereocenters. The van der Waals surface area contributed by atoms with Crippen LogP contribution in [-0.2, 0) is 16.1 Å². The van der Waals surface area contributed by atoms with Crippen molar-refractivity contribution in [2.24, 2.45) is 5.92 Å². The smallest absolute Gasteiger partial charge is 0.335 e. The van der Waals surface area contributed by atoms with E-state index in [1.807, 2.05) is 30.3 Å². The summed E-state index contributed by atoms with van der Waals surface area (Å²) in [7, 11) is 0. The molecule has 3 nitrogen and oxygen atoms in total. The topological polar surface area (TPSA) is 46.5 Å². The Labute approximate surface area is 94.4 Å². The van der Waals surface area contributed by atoms with Gasteiger partial charge in [0.05, 0.1) is 0 Å². The number of rotatable bonds is 4. The van der Waals surface area contributed by atoms with E-state index in [2.05, 4.69) is 6.58 Å². The van der Waals surface area contributed by atoms with Crippen LogP contribution in [0, 0.1) is 5.92 Å². The number of carbonyl (C=O) groups excluding carboxylic acids is 1. The third kappa shape index (κ3) is 2.49. The van der Waals surface area contributed by atoms with E-state index >= 15 is 0 Å². The first-order valence-electron chi connectivity index (χ1n) is 5.25. The van der Waals surface area contributed by atoms with Gasteiger partial charge in [0.25, 0.3) is 0 Å². The first kappa shape index (κ1) is 10.9. The molecule has 2 rings (SSSR count). The van der Waals surface area contributed by atoms with Gasteiger partial charge in [-0.1, -0.05) is 42.5 Å². The zero-order chi connectivity index (χ0) is 11.5. The van der Waals surface area contributed by atoms with Crippen LogP contribution in [-0.4, -0.2) is 17.2 Å². The van der Waals surface area contributed by atoms with Crippen molar-refractivity contribution in [3.63, 3.8) is 0 Å². The second-order valence-corrected chi connectivity index (χ2v) is 4.01. The fourth-order valence-electron chi connectivity index (χ4n) is 1.54. The van der Waals surface area contributed by atoms with Crippen molar-refractivity contribution in [3.05, 3.63) is 48.0 Å². The molecule has 0 aliphatic heterocycles. The molecular weight excluding hydrogens is 204 g/mol. The van der Waals surface area contributed by atoms with E-state index in [0.29, 0.717) is 0 Å². The average molecular weight is 218 g/mol. The van der Waals surface area contributed by atoms with Gasteiger partial charge < -0.3 is 9.84 Å². The second-order valence-electron chi connectivity index (χ2n) is 4.01. The van der Waals surface area contributed by atoms with E-state index < -0.39 is 12.1 Å². The first-order chi connectivity index (χ1) is 7.68. The summed E-state index contributed by atoms with van der Waals surface area (Å²) < 4.78 is 5.01. The van der Waals surface area contributed by atoms with Crippen LogP contribution in [0.4, 0.5) is 0 Å². The highest BCUT2D eigenvalue weighted by atomic mass is 16.5. The molecule has 0 amide bonds. The lowest BCUT2D eigenvalue weighted by Gasteiger charge is -2.09. The fourth-order valence-corrected chi connectivity index (χ4v) is 1.54. The maximum Gasteiger partial charge on any atom is 0.335 e. The summed E-state index contributed by atoms with van der Waals surface area (Å²) >= 11 is 0. The van der Waals surface area contributed by atoms with Crippen molar-refractivity contribution < 1.29 is 14.6 Å². The summed E-state index contributed by atoms with van der Waals surface area (Å²) in [6.07, 6.45) is -0.321. The van der Waals surface area contributed by atoms with Gasteiger partial charge in [0, 0.05) is 5.92 Å². The number of hydrogen-bond donors (Lipinski definition) is 1. The third-order valence-corrected chi connectivity index (χ3v) is 2.69. The Balaban J connectivity index is 1.82. The molecule has 16 heavy (non-hydrogen) atoms. The van der Waals surface area contributed by atoms with Crippen LogP contribution in [0.3, 0.4) is 0 Å². The van der Waals surface area contributed by atoms with Crippen LogP contribution < -0.4 is 0 Å². The summed E-state index contributed by atoms with van der Waals surface area (Å²) in [5.74, 6) is -0.657. The van der Waals surface area contributed by atoms with E-state index in [0.717, 1.165) is 17.6 Å². The highest BCUT2D eigenvalue weighted by molar-refractivity contribution is 5.76. The third-order valence-electron chi connectivity index (χ3n) is 2.69. The van der Waals surface area contributed by atoms with Crippen molar-refractivity contribution in [1.29, 1.82) is 0 Å². The number of carbonyl (C=O) groups is 1. The van der Waals surface area contributed by atoms with E-state index in [9.17, 15) is 9.90 Å². The number of aliphatic hydroxyl groups is 1. The molecule has 1 aromatic carbocycles. The Hall–Kier alpha value is -1.61. The Morgan fingerprint density at radius 1 is 1.50 bits per heavy atom. The number of ether oxygens (including phenoxy) is 1. The molecule has 0 radical (unpaired) electrons. The van der Waals surface area contributed by atoms with E-state index in [-0.39, 0.29) is 12.5 Å². The summed E-state index contributed by atoms with van der Waals surface area (Å²) in [6.45, 7) is 3.91. The zero-order valence-electron chi connectivity index (χ0n) is 8.93. The van der Waals surface area contributed by atoms with Crippen LogP contribution in [0.1, 0.15) is 12.0 Å². The SMILES string of the molecule is C=C1C[C@@H]1[C@H](O)C(=O)OCc1ccccc1. The minimum Gasteiger partial charge on any atom is -0.459 e. The van der Waals surface area contributed by atoms with Gasteiger partial charge in [0.2, 0.25) is 0 Å². The standard InChI is InChI=1S/C13H14O3/c1-9-7-11(9)12(14)13(15)16-8-10-5-3-2-4-6-10/h2-6,11-12,14H,1,7-8H2/t11-,12-/m0/s1. The van der Waals surface area contributed by atoms with Crippen LogP contribution in [0.15, 0.2) is 42.5 Å². The molecule has 0 aromatic heterocycles. The Morgan fingerprint density at radius 3 is 2.69 bits per heavy atom. The Bertz CT molecular complexity index is 397. The molecule has 1 aliphatic rings. The van der Waals surface area contributed by atoms with Crippen molar-refractivity contribution >= 4 is 5.97 Å². The van der Waals surface area contributed by atoms with Crippen LogP contribution in [0.2, 0.25) is 0 Å². The predicted molar refractivity (Wildman–Crippen MR) is 59.5 cm³/mol. The molecule has 1 aromatic rings. The lowest BCUT2D eigenvalue weighted by molar-refractivity contribution is -0.155. The summed E-state index contributed by atoms with van der Waals surface area (Å²) in [4.78, 5) is 11.4. The minimum atomic E-state index is -1.05. The number of hydrogen-bond acceptors (Lipinski definition) is 3. The molecule has 1 aliphatic carbocycles. The summed E-state index contributed by atoms with van der Waals surface area (Å²) in [5.41, 5.74) is 1.84. The first-order valence-corrected chi connectivity index (χ1v) is 5.25. The lowest BCUT2D eigenvalue weighted by atomic mass is 10.2. The molecule has 0 saturated heterocycles. The summed E-state index contributed by atoms with van der Waals surface area (Å²) in [6, 6.07) is 9.39. The monoisotopic (exact) mass is 218 g/mol. The highest BCUT2D eigenvalue weighted by Gasteiger charge is 2.39. The average Bonchev–Trinajstić information content (AvgIpc) is 3.03. The predicted octanol–water partition coefficient (Wildman–Crippen LogP) is 1.67. The number of aliphatic hydroxyl groups excluding tert-OH is 1. The zero-order valence-corrected chi connectivity index (χ0v) is 8.93. The largest absolute Gasteiger partial charge is 0.459 e. The molecular formula is C13H14O3. The molecule has 0 bridgehead atoms. The molecule has 0 spiro atoms. The van der Waals surface area contributed by atoms with Crippen molar-refractivity contribution in [2.75, 3.05) is 0 Å². The molecule has 1 fully saturated rings. The lowest BCUT2D eigenvalue weighted by Crippen LogP contribution is -2.25. The number of esters is 1. The van der Waals surface area contributed by atoms with Gasteiger partial charge in [-0.3, -0.25) is 0 Å². The molecule has 84 valence electrons. The van der Waals surface area contributed by atoms with Gasteiger partial charge in [0.1, 0.15) is 6.61 Å². The van der Waals surface area contributed by atoms with Gasteiger partial charge in [-0.05, 0) is 12.0 Å². The maximum absolute atomic E-state index is 11.4. The van der Waals surface area contributed by atoms with Crippen LogP contribution in [0.5, 0.6) is 0 Å². The molecule has 1 saturated carbocycles. The van der Waals surface area contributed by atoms with Crippen LogP contribution >= 0.6 is 0 Å². The molecule has 3 heteroatoms. The molecule has 1 N–H and O–H groups in total. The van der Waals surface area contributed by atoms with Gasteiger partial charge in [-0.15, -0.1) is 0 Å². The fraction of sp³-hybridized carbons (Fsp3) is 0.308. The van der Waals surface area contributed by atoms with Crippen LogP contribution in [0.25, 0.3) is 0 Å². The Morgan fingerprint density at radius 2 is 2.12 bits per heavy atom. The number of benzene rings is 1. The second kappa shape index (κ2) is 4.49. The van der Waals surface area contributed by atoms with E-state index in [1.54, 1.807) is 0 Å². The maximum atomic E-state index is 11.4. The van der Waals surface area contributed by atoms with Crippen molar-refractivity contribution in [2.45, 2.75) is 19.1 Å². The summed E-state index contributed by atoms with van der Waals surface area (Å²) in [5, 5.41) is 9.57. The molecule has 2 atom stereocenters.